The topological polar surface area (TPSA) is 163 Å². The molecule has 0 bridgehead atoms. The molecule has 3 N–H and O–H groups in total. The maximum atomic E-state index is 13.1. The zero-order chi connectivity index (χ0) is 32.1. The Balaban J connectivity index is 0.00000529. The molecule has 1 aromatic heterocycles. The zero-order valence-electron chi connectivity index (χ0n) is 26.6. The van der Waals surface area contributed by atoms with Crippen molar-refractivity contribution in [3.05, 3.63) is 80.6 Å². The molecule has 0 saturated heterocycles. The van der Waals surface area contributed by atoms with Crippen LogP contribution < -0.4 is 40.3 Å². The standard InChI is InChI=1S/C31H38ClN3O8S.Na.H/c1-35(16-18-44(40,41)42)28(36)8-4-2-3-5-9-29(37)43-17-6-7-22-12-15-27-25(19-22)30(38)26(21-33-27)31(39)34-20-23-10-13-24(32)14-11-23;;/h10-15,19,21H,2-9,16-18,20H2,1H3,(H,33,38)(H,34,39)(H,40,41,42);;/q;+1;-1. The molecule has 0 saturated carbocycles. The molecule has 1 heterocycles. The summed E-state index contributed by atoms with van der Waals surface area (Å²) in [6.45, 7) is 0.439. The second-order valence-corrected chi connectivity index (χ2v) is 12.6. The van der Waals surface area contributed by atoms with Crippen molar-refractivity contribution in [1.29, 1.82) is 0 Å². The van der Waals surface area contributed by atoms with Gasteiger partial charge in [0.05, 0.1) is 12.4 Å². The molecule has 240 valence electrons. The van der Waals surface area contributed by atoms with Gasteiger partial charge in [-0.1, -0.05) is 42.6 Å². The second kappa shape index (κ2) is 19.0. The normalized spacial score (nSPS) is 11.1. The van der Waals surface area contributed by atoms with Crippen molar-refractivity contribution in [2.45, 2.75) is 57.9 Å². The molecule has 2 amide bonds. The van der Waals surface area contributed by atoms with E-state index < -0.39 is 21.8 Å². The minimum atomic E-state index is -4.10. The Bertz CT molecular complexity index is 1620. The number of hydrogen-bond acceptors (Lipinski definition) is 7. The number of ether oxygens (including phenoxy) is 1. The molecule has 3 aromatic rings. The second-order valence-electron chi connectivity index (χ2n) is 10.6. The molecular weight excluding hydrogens is 633 g/mol. The van der Waals surface area contributed by atoms with Crippen LogP contribution in [0.15, 0.2) is 53.5 Å². The average Bonchev–Trinajstić information content (AvgIpc) is 2.99. The van der Waals surface area contributed by atoms with Gasteiger partial charge in [0.2, 0.25) is 11.3 Å². The summed E-state index contributed by atoms with van der Waals surface area (Å²) in [5, 5.41) is 3.76. The number of carbonyl (C=O) groups excluding carboxylic acids is 3. The number of rotatable bonds is 17. The van der Waals surface area contributed by atoms with Crippen LogP contribution in [0.4, 0.5) is 0 Å². The Kier molecular flexibility index (Phi) is 16.3. The van der Waals surface area contributed by atoms with Gasteiger partial charge < -0.3 is 21.4 Å². The van der Waals surface area contributed by atoms with Gasteiger partial charge >= 0.3 is 35.5 Å². The Morgan fingerprint density at radius 1 is 1.00 bits per heavy atom. The molecule has 0 aliphatic rings. The molecule has 0 unspecified atom stereocenters. The van der Waals surface area contributed by atoms with Gasteiger partial charge in [-0.3, -0.25) is 23.7 Å². The van der Waals surface area contributed by atoms with Gasteiger partial charge in [-0.05, 0) is 61.1 Å². The average molecular weight is 672 g/mol. The SMILES string of the molecule is CN(CCS(=O)(=O)O)C(=O)CCCCCCC(=O)OCCCc1ccc2[nH]cc(C(=O)NCc3ccc(Cl)cc3)c(=O)c2c1.[H-].[Na+]. The fraction of sp³-hybridized carbons (Fsp3) is 0.419. The first-order valence-corrected chi connectivity index (χ1v) is 16.4. The van der Waals surface area contributed by atoms with Crippen LogP contribution in [0.25, 0.3) is 10.9 Å². The van der Waals surface area contributed by atoms with Crippen molar-refractivity contribution in [1.82, 2.24) is 15.2 Å². The summed E-state index contributed by atoms with van der Waals surface area (Å²) >= 11 is 5.89. The summed E-state index contributed by atoms with van der Waals surface area (Å²) < 4.78 is 35.7. The molecule has 0 radical (unpaired) electrons. The maximum Gasteiger partial charge on any atom is 1.00 e. The van der Waals surface area contributed by atoms with Gasteiger partial charge in [0, 0.05) is 55.1 Å². The van der Waals surface area contributed by atoms with Crippen LogP contribution in [0, 0.1) is 0 Å². The molecule has 0 aliphatic carbocycles. The number of unbranched alkanes of at least 4 members (excludes halogenated alkanes) is 3. The molecule has 0 atom stereocenters. The van der Waals surface area contributed by atoms with E-state index >= 15 is 0 Å². The molecule has 0 spiro atoms. The third-order valence-electron chi connectivity index (χ3n) is 7.06. The van der Waals surface area contributed by atoms with E-state index in [2.05, 4.69) is 10.3 Å². The van der Waals surface area contributed by atoms with Gasteiger partial charge in [-0.2, -0.15) is 8.42 Å². The molecule has 0 fully saturated rings. The van der Waals surface area contributed by atoms with E-state index in [4.69, 9.17) is 20.9 Å². The van der Waals surface area contributed by atoms with Crippen molar-refractivity contribution in [3.63, 3.8) is 0 Å². The van der Waals surface area contributed by atoms with E-state index in [9.17, 15) is 27.6 Å². The quantitative estimate of drug-likeness (QED) is 0.0839. The Morgan fingerprint density at radius 3 is 2.36 bits per heavy atom. The van der Waals surface area contributed by atoms with E-state index in [1.165, 1.54) is 18.1 Å². The number of amides is 2. The monoisotopic (exact) mass is 671 g/mol. The first kappa shape index (κ1) is 38.4. The number of carbonyl (C=O) groups is 3. The van der Waals surface area contributed by atoms with E-state index in [0.29, 0.717) is 41.6 Å². The van der Waals surface area contributed by atoms with Crippen molar-refractivity contribution < 1.29 is 63.1 Å². The molecule has 0 aliphatic heterocycles. The molecule has 3 rings (SSSR count). The van der Waals surface area contributed by atoms with E-state index in [1.807, 2.05) is 6.07 Å². The van der Waals surface area contributed by atoms with E-state index in [-0.39, 0.29) is 86.4 Å². The minimum Gasteiger partial charge on any atom is -1.00 e. The van der Waals surface area contributed by atoms with Crippen LogP contribution in [0.5, 0.6) is 0 Å². The van der Waals surface area contributed by atoms with Crippen LogP contribution in [0.2, 0.25) is 5.02 Å². The fourth-order valence-corrected chi connectivity index (χ4v) is 5.10. The molecule has 14 heteroatoms. The Labute approximate surface area is 291 Å². The minimum absolute atomic E-state index is 0. The van der Waals surface area contributed by atoms with Gasteiger partial charge in [-0.25, -0.2) is 0 Å². The molecular formula is C31H39ClN3NaO8S. The van der Waals surface area contributed by atoms with E-state index in [0.717, 1.165) is 24.0 Å². The predicted molar refractivity (Wildman–Crippen MR) is 169 cm³/mol. The number of benzene rings is 2. The van der Waals surface area contributed by atoms with Crippen LogP contribution in [0.1, 0.15) is 67.9 Å². The predicted octanol–water partition coefficient (Wildman–Crippen LogP) is 1.39. The number of nitrogens with zero attached hydrogens (tertiary/aromatic N) is 1. The van der Waals surface area contributed by atoms with Crippen LogP contribution in [-0.4, -0.2) is 66.6 Å². The largest absolute Gasteiger partial charge is 1.00 e. The summed E-state index contributed by atoms with van der Waals surface area (Å²) in [7, 11) is -2.61. The smallest absolute Gasteiger partial charge is 1.00 e. The third-order valence-corrected chi connectivity index (χ3v) is 8.01. The van der Waals surface area contributed by atoms with Gasteiger partial charge in [0.25, 0.3) is 16.0 Å². The maximum absolute atomic E-state index is 13.1. The van der Waals surface area contributed by atoms with Gasteiger partial charge in [-0.15, -0.1) is 0 Å². The Hall–Kier alpha value is -2.74. The first-order chi connectivity index (χ1) is 20.9. The molecule has 11 nitrogen and oxygen atoms in total. The molecule has 2 aromatic carbocycles. The van der Waals surface area contributed by atoms with Crippen LogP contribution >= 0.6 is 11.6 Å². The van der Waals surface area contributed by atoms with Crippen molar-refractivity contribution in [3.8, 4) is 0 Å². The Morgan fingerprint density at radius 2 is 1.67 bits per heavy atom. The zero-order valence-corrected chi connectivity index (χ0v) is 29.2. The summed E-state index contributed by atoms with van der Waals surface area (Å²) in [5.74, 6) is -1.46. The van der Waals surface area contributed by atoms with Gasteiger partial charge in [0.1, 0.15) is 5.56 Å². The number of halogens is 1. The van der Waals surface area contributed by atoms with Crippen molar-refractivity contribution >= 4 is 50.4 Å². The number of hydrogen-bond donors (Lipinski definition) is 3. The van der Waals surface area contributed by atoms with E-state index in [1.54, 1.807) is 36.4 Å². The number of fused-ring (bicyclic) bond motifs is 1. The number of nitrogens with one attached hydrogen (secondary N) is 2. The van der Waals surface area contributed by atoms with Crippen LogP contribution in [-0.2, 0) is 37.4 Å². The summed E-state index contributed by atoms with van der Waals surface area (Å²) in [6.07, 6.45) is 5.87. The number of aryl methyl sites for hydroxylation is 1. The fourth-order valence-electron chi connectivity index (χ4n) is 4.47. The molecule has 45 heavy (non-hydrogen) atoms. The first-order valence-electron chi connectivity index (χ1n) is 14.4. The van der Waals surface area contributed by atoms with Crippen LogP contribution in [0.3, 0.4) is 0 Å². The third kappa shape index (κ3) is 13.6. The van der Waals surface area contributed by atoms with Crippen molar-refractivity contribution in [2.75, 3.05) is 26.0 Å². The summed E-state index contributed by atoms with van der Waals surface area (Å²) in [5.41, 5.74) is 2.01. The number of H-pyrrole nitrogens is 1. The summed E-state index contributed by atoms with van der Waals surface area (Å²) in [6, 6.07) is 12.5. The number of esters is 1. The number of aromatic amines is 1. The number of aromatic nitrogens is 1. The number of pyridine rings is 1. The van der Waals surface area contributed by atoms with Gasteiger partial charge in [0.15, 0.2) is 0 Å². The summed E-state index contributed by atoms with van der Waals surface area (Å²) in [4.78, 5) is 54.1. The van der Waals surface area contributed by atoms with Crippen molar-refractivity contribution in [2.24, 2.45) is 0 Å².